The highest BCUT2D eigenvalue weighted by Gasteiger charge is 2.21. The molecule has 0 aromatic rings. The molecule has 3 N–H and O–H groups in total. The first-order chi connectivity index (χ1) is 5.52. The van der Waals surface area contributed by atoms with Crippen LogP contribution in [0.1, 0.15) is 0 Å². The normalized spacial score (nSPS) is 13.8. The van der Waals surface area contributed by atoms with Gasteiger partial charge < -0.3 is 4.74 Å². The summed E-state index contributed by atoms with van der Waals surface area (Å²) in [5, 5.41) is -1.35. The lowest BCUT2D eigenvalue weighted by atomic mass is 10.7. The van der Waals surface area contributed by atoms with Crippen LogP contribution in [0.25, 0.3) is 0 Å². The molecule has 8 heteroatoms. The van der Waals surface area contributed by atoms with E-state index in [0.717, 1.165) is 0 Å². The van der Waals surface area contributed by atoms with Gasteiger partial charge >= 0.3 is 0 Å². The Labute approximate surface area is 69.8 Å². The van der Waals surface area contributed by atoms with Gasteiger partial charge in [0.1, 0.15) is 0 Å². The minimum atomic E-state index is -4.26. The van der Waals surface area contributed by atoms with Crippen molar-refractivity contribution >= 4 is 16.5 Å². The second-order valence-corrected chi connectivity index (χ2v) is 3.46. The molecule has 12 heavy (non-hydrogen) atoms. The lowest BCUT2D eigenvalue weighted by molar-refractivity contribution is -0.110. The predicted octanol–water partition coefficient (Wildman–Crippen LogP) is -1.90. The van der Waals surface area contributed by atoms with Gasteiger partial charge in [0.05, 0.1) is 6.61 Å². The molecule has 0 heterocycles. The van der Waals surface area contributed by atoms with Crippen LogP contribution in [-0.4, -0.2) is 38.5 Å². The highest BCUT2D eigenvalue weighted by Crippen LogP contribution is 1.92. The molecule has 0 aliphatic rings. The molecule has 72 valence electrons. The molecule has 1 unspecified atom stereocenters. The number of carbonyl (C=O) groups excluding carboxylic acids is 1. The molecular formula is C4H10N2O5S. The van der Waals surface area contributed by atoms with Gasteiger partial charge in [-0.05, 0) is 0 Å². The van der Waals surface area contributed by atoms with Crippen LogP contribution in [0.3, 0.4) is 0 Å². The molecule has 0 saturated carbocycles. The van der Waals surface area contributed by atoms with E-state index in [1.807, 2.05) is 10.9 Å². The third kappa shape index (κ3) is 4.23. The minimum Gasteiger partial charge on any atom is -0.382 e. The molecule has 0 radical (unpaired) electrons. The van der Waals surface area contributed by atoms with Crippen molar-refractivity contribution in [2.75, 3.05) is 13.7 Å². The highest BCUT2D eigenvalue weighted by molar-refractivity contribution is 7.86. The molecule has 1 amide bonds. The molecule has 0 spiro atoms. The maximum absolute atomic E-state index is 10.5. The van der Waals surface area contributed by atoms with Crippen LogP contribution >= 0.6 is 0 Å². The van der Waals surface area contributed by atoms with E-state index in [9.17, 15) is 13.2 Å². The molecule has 0 saturated heterocycles. The third-order valence-electron chi connectivity index (χ3n) is 0.981. The summed E-state index contributed by atoms with van der Waals surface area (Å²) in [5.74, 6) is 0. The minimum absolute atomic E-state index is 0.244. The van der Waals surface area contributed by atoms with Crippen molar-refractivity contribution < 1.29 is 22.5 Å². The summed E-state index contributed by atoms with van der Waals surface area (Å²) in [6, 6.07) is 0. The average molecular weight is 198 g/mol. The Morgan fingerprint density at radius 3 is 2.58 bits per heavy atom. The largest absolute Gasteiger partial charge is 0.382 e. The van der Waals surface area contributed by atoms with E-state index in [-0.39, 0.29) is 13.0 Å². The average Bonchev–Trinajstić information content (AvgIpc) is 1.95. The van der Waals surface area contributed by atoms with Gasteiger partial charge in [-0.25, -0.2) is 5.43 Å². The molecule has 1 atom stereocenters. The summed E-state index contributed by atoms with van der Waals surface area (Å²) < 4.78 is 33.9. The monoisotopic (exact) mass is 198 g/mol. The van der Waals surface area contributed by atoms with Gasteiger partial charge in [-0.1, -0.05) is 0 Å². The van der Waals surface area contributed by atoms with Crippen molar-refractivity contribution in [3.8, 4) is 0 Å². The van der Waals surface area contributed by atoms with E-state index in [1.54, 1.807) is 0 Å². The third-order valence-corrected chi connectivity index (χ3v) is 1.95. The topological polar surface area (TPSA) is 105 Å². The highest BCUT2D eigenvalue weighted by atomic mass is 32.2. The maximum atomic E-state index is 10.5. The number of nitrogens with one attached hydrogen (secondary N) is 2. The van der Waals surface area contributed by atoms with Crippen molar-refractivity contribution in [1.82, 2.24) is 10.9 Å². The Bertz CT molecular complexity index is 226. The Balaban J connectivity index is 4.13. The van der Waals surface area contributed by atoms with Crippen LogP contribution in [0.15, 0.2) is 0 Å². The van der Waals surface area contributed by atoms with E-state index >= 15 is 0 Å². The molecule has 0 aliphatic carbocycles. The molecule has 0 fully saturated rings. The van der Waals surface area contributed by atoms with Crippen molar-refractivity contribution in [2.45, 2.75) is 5.37 Å². The number of methoxy groups -OCH3 is 1. The van der Waals surface area contributed by atoms with Crippen LogP contribution in [0.4, 0.5) is 0 Å². The van der Waals surface area contributed by atoms with E-state index in [1.165, 1.54) is 7.11 Å². The Morgan fingerprint density at radius 2 is 2.25 bits per heavy atom. The molecule has 0 bridgehead atoms. The first-order valence-electron chi connectivity index (χ1n) is 2.92. The number of hydrogen-bond donors (Lipinski definition) is 3. The van der Waals surface area contributed by atoms with Gasteiger partial charge in [-0.15, -0.1) is 0 Å². The molecule has 0 aliphatic heterocycles. The van der Waals surface area contributed by atoms with Gasteiger partial charge in [0.2, 0.25) is 6.41 Å². The lowest BCUT2D eigenvalue weighted by Crippen LogP contribution is -2.47. The maximum Gasteiger partial charge on any atom is 0.285 e. The summed E-state index contributed by atoms with van der Waals surface area (Å²) >= 11 is 0. The summed E-state index contributed by atoms with van der Waals surface area (Å²) in [6.07, 6.45) is 0.244. The standard InChI is InChI=1S/C4H10N2O5S/c1-11-2-4(6-5-3-7)12(8,9)10/h3-4,6H,2H2,1H3,(H,5,7)(H,8,9,10). The zero-order valence-corrected chi connectivity index (χ0v) is 7.17. The molecule has 0 aromatic heterocycles. The zero-order valence-electron chi connectivity index (χ0n) is 6.35. The Kier molecular flexibility index (Phi) is 4.74. The molecule has 0 aromatic carbocycles. The van der Waals surface area contributed by atoms with Crippen LogP contribution in [0.5, 0.6) is 0 Å². The fourth-order valence-corrected chi connectivity index (χ4v) is 1.01. The first-order valence-corrected chi connectivity index (χ1v) is 4.42. The van der Waals surface area contributed by atoms with Crippen molar-refractivity contribution in [3.05, 3.63) is 0 Å². The second-order valence-electron chi connectivity index (χ2n) is 1.87. The smallest absolute Gasteiger partial charge is 0.285 e. The number of hydrogen-bond acceptors (Lipinski definition) is 5. The quantitative estimate of drug-likeness (QED) is 0.261. The van der Waals surface area contributed by atoms with Gasteiger partial charge in [0, 0.05) is 7.11 Å². The van der Waals surface area contributed by atoms with E-state index in [0.29, 0.717) is 0 Å². The van der Waals surface area contributed by atoms with Gasteiger partial charge in [-0.3, -0.25) is 14.8 Å². The van der Waals surface area contributed by atoms with Crippen LogP contribution < -0.4 is 10.9 Å². The van der Waals surface area contributed by atoms with E-state index in [4.69, 9.17) is 4.55 Å². The zero-order chi connectivity index (χ0) is 9.61. The summed E-state index contributed by atoms with van der Waals surface area (Å²) in [5.41, 5.74) is 3.92. The second kappa shape index (κ2) is 5.04. The van der Waals surface area contributed by atoms with Gasteiger partial charge in [0.25, 0.3) is 10.1 Å². The summed E-state index contributed by atoms with van der Waals surface area (Å²) in [4.78, 5) is 9.75. The van der Waals surface area contributed by atoms with Crippen molar-refractivity contribution in [1.29, 1.82) is 0 Å². The predicted molar refractivity (Wildman–Crippen MR) is 39.5 cm³/mol. The summed E-state index contributed by atoms with van der Waals surface area (Å²) in [7, 11) is -2.99. The molecule has 0 rings (SSSR count). The Morgan fingerprint density at radius 1 is 1.67 bits per heavy atom. The van der Waals surface area contributed by atoms with Crippen LogP contribution in [-0.2, 0) is 19.6 Å². The number of hydrazine groups is 1. The number of carbonyl (C=O) groups is 1. The van der Waals surface area contributed by atoms with E-state index in [2.05, 4.69) is 4.74 Å². The SMILES string of the molecule is COCC(NNC=O)S(=O)(=O)O. The van der Waals surface area contributed by atoms with Crippen molar-refractivity contribution in [3.63, 3.8) is 0 Å². The lowest BCUT2D eigenvalue weighted by Gasteiger charge is -2.12. The number of amides is 1. The Hall–Kier alpha value is -0.700. The number of rotatable bonds is 6. The van der Waals surface area contributed by atoms with Crippen molar-refractivity contribution in [2.24, 2.45) is 0 Å². The van der Waals surface area contributed by atoms with Gasteiger partial charge in [0.15, 0.2) is 5.37 Å². The summed E-state index contributed by atoms with van der Waals surface area (Å²) in [6.45, 7) is -0.264. The van der Waals surface area contributed by atoms with E-state index < -0.39 is 15.5 Å². The first kappa shape index (κ1) is 11.3. The van der Waals surface area contributed by atoms with Crippen LogP contribution in [0, 0.1) is 0 Å². The number of ether oxygens (including phenoxy) is 1. The van der Waals surface area contributed by atoms with Gasteiger partial charge in [-0.2, -0.15) is 8.42 Å². The molecule has 7 nitrogen and oxygen atoms in total. The fourth-order valence-electron chi connectivity index (χ4n) is 0.480. The molecular weight excluding hydrogens is 188 g/mol. The fraction of sp³-hybridized carbons (Fsp3) is 0.750. The van der Waals surface area contributed by atoms with Crippen LogP contribution in [0.2, 0.25) is 0 Å².